The molecule has 1 heterocycles. The van der Waals surface area contributed by atoms with Crippen LogP contribution in [0, 0.1) is 6.92 Å². The van der Waals surface area contributed by atoms with E-state index >= 15 is 0 Å². The van der Waals surface area contributed by atoms with Crippen LogP contribution in [0.15, 0.2) is 4.79 Å². The first-order valence-electron chi connectivity index (χ1n) is 6.41. The lowest BCUT2D eigenvalue weighted by molar-refractivity contribution is -0.141. The maximum absolute atomic E-state index is 11.9. The Morgan fingerprint density at radius 3 is 2.55 bits per heavy atom. The molecule has 0 aromatic carbocycles. The predicted octanol–water partition coefficient (Wildman–Crippen LogP) is 0.495. The van der Waals surface area contributed by atoms with E-state index in [2.05, 4.69) is 20.0 Å². The molecule has 0 radical (unpaired) electrons. The number of H-pyrrole nitrogens is 1. The fourth-order valence-electron chi connectivity index (χ4n) is 1.60. The van der Waals surface area contributed by atoms with Gasteiger partial charge in [0.05, 0.1) is 12.3 Å². The van der Waals surface area contributed by atoms with Crippen molar-refractivity contribution in [2.24, 2.45) is 0 Å². The van der Waals surface area contributed by atoms with Gasteiger partial charge in [-0.25, -0.2) is 4.98 Å². The minimum atomic E-state index is -0.639. The van der Waals surface area contributed by atoms with Gasteiger partial charge in [0.1, 0.15) is 17.9 Å². The van der Waals surface area contributed by atoms with Gasteiger partial charge in [0, 0.05) is 5.92 Å². The molecule has 0 saturated carbocycles. The van der Waals surface area contributed by atoms with Crippen LogP contribution in [0.2, 0.25) is 0 Å². The molecule has 7 nitrogen and oxygen atoms in total. The molecule has 0 aliphatic rings. The lowest BCUT2D eigenvalue weighted by Gasteiger charge is -2.09. The third kappa shape index (κ3) is 3.91. The minimum absolute atomic E-state index is 0.0537. The van der Waals surface area contributed by atoms with Crippen LogP contribution >= 0.6 is 0 Å². The molecule has 0 spiro atoms. The molecule has 1 rings (SSSR count). The lowest BCUT2D eigenvalue weighted by Crippen LogP contribution is -2.35. The van der Waals surface area contributed by atoms with E-state index in [0.717, 1.165) is 0 Å². The van der Waals surface area contributed by atoms with Gasteiger partial charge in [0.15, 0.2) is 0 Å². The van der Waals surface area contributed by atoms with Crippen LogP contribution in [0.1, 0.15) is 48.6 Å². The van der Waals surface area contributed by atoms with E-state index in [9.17, 15) is 14.4 Å². The summed E-state index contributed by atoms with van der Waals surface area (Å²) in [5.41, 5.74) is -0.264. The van der Waals surface area contributed by atoms with Crippen molar-refractivity contribution in [2.75, 3.05) is 13.2 Å². The Kier molecular flexibility index (Phi) is 5.42. The number of rotatable bonds is 5. The average molecular weight is 281 g/mol. The summed E-state index contributed by atoms with van der Waals surface area (Å²) in [6, 6.07) is 0. The number of amides is 1. The highest BCUT2D eigenvalue weighted by molar-refractivity contribution is 5.96. The van der Waals surface area contributed by atoms with E-state index in [-0.39, 0.29) is 24.6 Å². The summed E-state index contributed by atoms with van der Waals surface area (Å²) < 4.78 is 4.68. The van der Waals surface area contributed by atoms with Crippen molar-refractivity contribution in [3.8, 4) is 0 Å². The van der Waals surface area contributed by atoms with Crippen LogP contribution in [-0.2, 0) is 9.53 Å². The van der Waals surface area contributed by atoms with Gasteiger partial charge in [0.25, 0.3) is 11.5 Å². The number of hydrogen-bond acceptors (Lipinski definition) is 5. The first-order chi connectivity index (χ1) is 9.36. The first-order valence-corrected chi connectivity index (χ1v) is 6.41. The molecule has 0 aliphatic heterocycles. The second-order valence-electron chi connectivity index (χ2n) is 4.55. The summed E-state index contributed by atoms with van der Waals surface area (Å²) >= 11 is 0. The maximum Gasteiger partial charge on any atom is 0.325 e. The summed E-state index contributed by atoms with van der Waals surface area (Å²) in [5.74, 6) is -0.617. The smallest absolute Gasteiger partial charge is 0.325 e. The van der Waals surface area contributed by atoms with Crippen LogP contribution in [0.4, 0.5) is 0 Å². The van der Waals surface area contributed by atoms with Crippen molar-refractivity contribution >= 4 is 11.9 Å². The summed E-state index contributed by atoms with van der Waals surface area (Å²) in [6.45, 7) is 6.98. The fourth-order valence-corrected chi connectivity index (χ4v) is 1.60. The lowest BCUT2D eigenvalue weighted by atomic mass is 10.1. The summed E-state index contributed by atoms with van der Waals surface area (Å²) in [6.07, 6.45) is 0. The van der Waals surface area contributed by atoms with E-state index in [1.165, 1.54) is 0 Å². The maximum atomic E-state index is 11.9. The van der Waals surface area contributed by atoms with E-state index in [1.807, 2.05) is 13.8 Å². The van der Waals surface area contributed by atoms with Crippen molar-refractivity contribution in [1.82, 2.24) is 15.3 Å². The van der Waals surface area contributed by atoms with Gasteiger partial charge in [-0.3, -0.25) is 14.4 Å². The van der Waals surface area contributed by atoms with E-state index in [4.69, 9.17) is 0 Å². The van der Waals surface area contributed by atoms with Crippen LogP contribution in [-0.4, -0.2) is 35.0 Å². The zero-order chi connectivity index (χ0) is 15.3. The number of aryl methyl sites for hydroxylation is 1. The number of nitrogens with one attached hydrogen (secondary N) is 2. The van der Waals surface area contributed by atoms with Crippen LogP contribution in [0.25, 0.3) is 0 Å². The van der Waals surface area contributed by atoms with Crippen molar-refractivity contribution in [3.63, 3.8) is 0 Å². The topological polar surface area (TPSA) is 101 Å². The quantitative estimate of drug-likeness (QED) is 0.765. The Bertz CT molecular complexity index is 563. The molecule has 0 unspecified atom stereocenters. The Morgan fingerprint density at radius 2 is 2.05 bits per heavy atom. The standard InChI is InChI=1S/C13H19N3O4/c1-5-20-9(17)6-14-12(18)10-8(4)15-11(7(2)3)16-13(10)19/h7H,5-6H2,1-4H3,(H,14,18)(H,15,16,19). The third-order valence-corrected chi connectivity index (χ3v) is 2.59. The Labute approximate surface area is 116 Å². The van der Waals surface area contributed by atoms with Gasteiger partial charge in [-0.15, -0.1) is 0 Å². The SMILES string of the molecule is CCOC(=O)CNC(=O)c1c(C)nc(C(C)C)[nH]c1=O. The molecular formula is C13H19N3O4. The van der Waals surface area contributed by atoms with E-state index < -0.39 is 17.4 Å². The zero-order valence-corrected chi connectivity index (χ0v) is 12.1. The zero-order valence-electron chi connectivity index (χ0n) is 12.1. The van der Waals surface area contributed by atoms with Crippen molar-refractivity contribution in [1.29, 1.82) is 0 Å². The minimum Gasteiger partial charge on any atom is -0.465 e. The number of hydrogen-bond donors (Lipinski definition) is 2. The van der Waals surface area contributed by atoms with Gasteiger partial charge in [0.2, 0.25) is 0 Å². The first kappa shape index (κ1) is 15.9. The molecule has 7 heteroatoms. The normalized spacial score (nSPS) is 10.4. The number of aromatic nitrogens is 2. The van der Waals surface area contributed by atoms with Crippen LogP contribution < -0.4 is 10.9 Å². The highest BCUT2D eigenvalue weighted by Gasteiger charge is 2.18. The van der Waals surface area contributed by atoms with E-state index in [0.29, 0.717) is 11.5 Å². The molecule has 0 fully saturated rings. The highest BCUT2D eigenvalue weighted by atomic mass is 16.5. The van der Waals surface area contributed by atoms with Crippen molar-refractivity contribution in [2.45, 2.75) is 33.6 Å². The van der Waals surface area contributed by atoms with Crippen molar-refractivity contribution in [3.05, 3.63) is 27.4 Å². The molecule has 110 valence electrons. The van der Waals surface area contributed by atoms with Crippen LogP contribution in [0.3, 0.4) is 0 Å². The Hall–Kier alpha value is -2.18. The molecule has 1 aromatic rings. The van der Waals surface area contributed by atoms with Crippen molar-refractivity contribution < 1.29 is 14.3 Å². The largest absolute Gasteiger partial charge is 0.465 e. The number of carbonyl (C=O) groups is 2. The number of esters is 1. The third-order valence-electron chi connectivity index (χ3n) is 2.59. The molecule has 0 bridgehead atoms. The fraction of sp³-hybridized carbons (Fsp3) is 0.538. The molecule has 1 amide bonds. The molecule has 0 aliphatic carbocycles. The molecule has 1 aromatic heterocycles. The van der Waals surface area contributed by atoms with Gasteiger partial charge in [-0.05, 0) is 13.8 Å². The second-order valence-corrected chi connectivity index (χ2v) is 4.55. The van der Waals surface area contributed by atoms with Gasteiger partial charge in [-0.1, -0.05) is 13.8 Å². The van der Waals surface area contributed by atoms with Gasteiger partial charge in [-0.2, -0.15) is 0 Å². The monoisotopic (exact) mass is 281 g/mol. The molecular weight excluding hydrogens is 262 g/mol. The molecule has 0 saturated heterocycles. The number of nitrogens with zero attached hydrogens (tertiary/aromatic N) is 1. The summed E-state index contributed by atoms with van der Waals surface area (Å²) in [5, 5.41) is 2.34. The van der Waals surface area contributed by atoms with Gasteiger partial charge < -0.3 is 15.0 Å². The molecule has 0 atom stereocenters. The van der Waals surface area contributed by atoms with Crippen LogP contribution in [0.5, 0.6) is 0 Å². The Morgan fingerprint density at radius 1 is 1.40 bits per heavy atom. The number of carbonyl (C=O) groups excluding carboxylic acids is 2. The van der Waals surface area contributed by atoms with Gasteiger partial charge >= 0.3 is 5.97 Å². The summed E-state index contributed by atoms with van der Waals surface area (Å²) in [4.78, 5) is 41.7. The highest BCUT2D eigenvalue weighted by Crippen LogP contribution is 2.08. The Balaban J connectivity index is 2.89. The molecule has 2 N–H and O–H groups in total. The summed E-state index contributed by atoms with van der Waals surface area (Å²) in [7, 11) is 0. The number of ether oxygens (including phenoxy) is 1. The number of aromatic amines is 1. The molecule has 20 heavy (non-hydrogen) atoms. The van der Waals surface area contributed by atoms with E-state index in [1.54, 1.807) is 13.8 Å². The average Bonchev–Trinajstić information content (AvgIpc) is 2.35. The second kappa shape index (κ2) is 6.83. The predicted molar refractivity (Wildman–Crippen MR) is 72.6 cm³/mol.